The summed E-state index contributed by atoms with van der Waals surface area (Å²) in [6.45, 7) is 1.82. The van der Waals surface area contributed by atoms with Gasteiger partial charge in [0.25, 0.3) is 5.91 Å². The Kier molecular flexibility index (Phi) is 5.01. The largest absolute Gasteiger partial charge is 0.462 e. The normalized spacial score (nSPS) is 10.7. The number of nitrogens with one attached hydrogen (secondary N) is 2. The number of benzene rings is 1. The Labute approximate surface area is 133 Å². The Hall–Kier alpha value is -2.53. The lowest BCUT2D eigenvalue weighted by molar-refractivity contribution is -0.111. The van der Waals surface area contributed by atoms with Gasteiger partial charge < -0.3 is 15.1 Å². The van der Waals surface area contributed by atoms with E-state index in [9.17, 15) is 9.59 Å². The minimum absolute atomic E-state index is 0.299. The first-order chi connectivity index (χ1) is 10.5. The third-order valence-electron chi connectivity index (χ3n) is 2.87. The SMILES string of the molecule is CNC(=O)c1cc(NC(=O)/C=C/c2ccc(C)o2)ccc1Cl. The number of carbonyl (C=O) groups excluding carboxylic acids is 2. The maximum Gasteiger partial charge on any atom is 0.252 e. The van der Waals surface area contributed by atoms with E-state index in [1.54, 1.807) is 24.3 Å². The van der Waals surface area contributed by atoms with Crippen LogP contribution in [0.4, 0.5) is 5.69 Å². The predicted molar refractivity (Wildman–Crippen MR) is 86.0 cm³/mol. The molecule has 0 fully saturated rings. The van der Waals surface area contributed by atoms with Crippen molar-refractivity contribution >= 4 is 35.2 Å². The van der Waals surface area contributed by atoms with Crippen molar-refractivity contribution in [2.45, 2.75) is 6.92 Å². The molecule has 0 aliphatic carbocycles. The maximum atomic E-state index is 11.9. The van der Waals surface area contributed by atoms with Crippen molar-refractivity contribution in [3.05, 3.63) is 58.5 Å². The van der Waals surface area contributed by atoms with Crippen LogP contribution >= 0.6 is 11.6 Å². The molecular weight excluding hydrogens is 304 g/mol. The van der Waals surface area contributed by atoms with Crippen LogP contribution in [0.1, 0.15) is 21.9 Å². The van der Waals surface area contributed by atoms with Crippen molar-refractivity contribution in [1.29, 1.82) is 0 Å². The van der Waals surface area contributed by atoms with Crippen LogP contribution in [0.3, 0.4) is 0 Å². The van der Waals surface area contributed by atoms with Crippen LogP contribution in [-0.4, -0.2) is 18.9 Å². The quantitative estimate of drug-likeness (QED) is 0.850. The van der Waals surface area contributed by atoms with Crippen LogP contribution in [0.15, 0.2) is 40.8 Å². The van der Waals surface area contributed by atoms with E-state index < -0.39 is 0 Å². The van der Waals surface area contributed by atoms with E-state index in [-0.39, 0.29) is 11.8 Å². The average molecular weight is 319 g/mol. The molecule has 6 heteroatoms. The first kappa shape index (κ1) is 15.9. The Morgan fingerprint density at radius 2 is 2.00 bits per heavy atom. The van der Waals surface area contributed by atoms with Crippen LogP contribution in [0.2, 0.25) is 5.02 Å². The highest BCUT2D eigenvalue weighted by molar-refractivity contribution is 6.34. The smallest absolute Gasteiger partial charge is 0.252 e. The van der Waals surface area contributed by atoms with E-state index in [1.165, 1.54) is 19.2 Å². The minimum Gasteiger partial charge on any atom is -0.462 e. The van der Waals surface area contributed by atoms with Gasteiger partial charge in [0.1, 0.15) is 11.5 Å². The summed E-state index contributed by atoms with van der Waals surface area (Å²) >= 11 is 5.95. The number of carbonyl (C=O) groups is 2. The highest BCUT2D eigenvalue weighted by Crippen LogP contribution is 2.20. The lowest BCUT2D eigenvalue weighted by Crippen LogP contribution is -2.18. The Balaban J connectivity index is 2.08. The standard InChI is InChI=1S/C16H15ClN2O3/c1-10-3-5-12(22-10)6-8-15(20)19-11-4-7-14(17)13(9-11)16(21)18-2/h3-9H,1-2H3,(H,18,21)(H,19,20)/b8-6+. The van der Waals surface area contributed by atoms with Crippen molar-refractivity contribution in [3.63, 3.8) is 0 Å². The van der Waals surface area contributed by atoms with Gasteiger partial charge in [-0.3, -0.25) is 9.59 Å². The molecule has 22 heavy (non-hydrogen) atoms. The molecule has 2 amide bonds. The van der Waals surface area contributed by atoms with E-state index in [0.29, 0.717) is 22.0 Å². The van der Waals surface area contributed by atoms with Gasteiger partial charge >= 0.3 is 0 Å². The van der Waals surface area contributed by atoms with Gasteiger partial charge in [0.05, 0.1) is 10.6 Å². The topological polar surface area (TPSA) is 71.3 Å². The summed E-state index contributed by atoms with van der Waals surface area (Å²) in [7, 11) is 1.51. The summed E-state index contributed by atoms with van der Waals surface area (Å²) < 4.78 is 5.33. The number of aryl methyl sites for hydroxylation is 1. The minimum atomic E-state index is -0.334. The molecule has 0 aliphatic rings. The zero-order chi connectivity index (χ0) is 16.1. The molecule has 0 radical (unpaired) electrons. The summed E-state index contributed by atoms with van der Waals surface area (Å²) in [5.74, 6) is 0.713. The first-order valence-electron chi connectivity index (χ1n) is 6.56. The van der Waals surface area contributed by atoms with Gasteiger partial charge in [-0.15, -0.1) is 0 Å². The third-order valence-corrected chi connectivity index (χ3v) is 3.20. The molecule has 114 valence electrons. The molecule has 1 aromatic heterocycles. The molecule has 0 atom stereocenters. The number of furan rings is 1. The van der Waals surface area contributed by atoms with E-state index in [4.69, 9.17) is 16.0 Å². The molecule has 0 saturated heterocycles. The fraction of sp³-hybridized carbons (Fsp3) is 0.125. The van der Waals surface area contributed by atoms with Crippen molar-refractivity contribution in [3.8, 4) is 0 Å². The summed E-state index contributed by atoms with van der Waals surface area (Å²) in [5.41, 5.74) is 0.779. The second kappa shape index (κ2) is 6.95. The average Bonchev–Trinajstić information content (AvgIpc) is 2.92. The van der Waals surface area contributed by atoms with E-state index in [0.717, 1.165) is 5.76 Å². The van der Waals surface area contributed by atoms with Gasteiger partial charge in [-0.05, 0) is 43.3 Å². The summed E-state index contributed by atoms with van der Waals surface area (Å²) in [6, 6.07) is 8.28. The maximum absolute atomic E-state index is 11.9. The Morgan fingerprint density at radius 3 is 2.64 bits per heavy atom. The van der Waals surface area contributed by atoms with Crippen molar-refractivity contribution in [2.75, 3.05) is 12.4 Å². The molecule has 0 bridgehead atoms. The second-order valence-corrected chi connectivity index (χ2v) is 4.95. The lowest BCUT2D eigenvalue weighted by atomic mass is 10.2. The number of hydrogen-bond acceptors (Lipinski definition) is 3. The molecular formula is C16H15ClN2O3. The predicted octanol–water partition coefficient (Wildman–Crippen LogP) is 3.25. The van der Waals surface area contributed by atoms with Crippen molar-refractivity contribution < 1.29 is 14.0 Å². The molecule has 0 spiro atoms. The zero-order valence-electron chi connectivity index (χ0n) is 12.1. The zero-order valence-corrected chi connectivity index (χ0v) is 12.9. The molecule has 0 unspecified atom stereocenters. The molecule has 2 aromatic rings. The van der Waals surface area contributed by atoms with Gasteiger partial charge in [0.2, 0.25) is 5.91 Å². The van der Waals surface area contributed by atoms with E-state index in [1.807, 2.05) is 13.0 Å². The Morgan fingerprint density at radius 1 is 1.23 bits per heavy atom. The number of anilines is 1. The first-order valence-corrected chi connectivity index (χ1v) is 6.94. The Bertz CT molecular complexity index is 735. The molecule has 1 heterocycles. The van der Waals surface area contributed by atoms with Crippen LogP contribution in [0, 0.1) is 6.92 Å². The number of hydrogen-bond donors (Lipinski definition) is 2. The van der Waals surface area contributed by atoms with Crippen molar-refractivity contribution in [1.82, 2.24) is 5.32 Å². The molecule has 1 aromatic carbocycles. The summed E-state index contributed by atoms with van der Waals surface area (Å²) in [5, 5.41) is 5.47. The van der Waals surface area contributed by atoms with Gasteiger partial charge in [-0.2, -0.15) is 0 Å². The molecule has 5 nitrogen and oxygen atoms in total. The number of halogens is 1. The lowest BCUT2D eigenvalue weighted by Gasteiger charge is -2.07. The van der Waals surface area contributed by atoms with Gasteiger partial charge in [0.15, 0.2) is 0 Å². The molecule has 2 rings (SSSR count). The molecule has 2 N–H and O–H groups in total. The third kappa shape index (κ3) is 3.99. The van der Waals surface area contributed by atoms with Crippen molar-refractivity contribution in [2.24, 2.45) is 0 Å². The second-order valence-electron chi connectivity index (χ2n) is 4.54. The van der Waals surface area contributed by atoms with Gasteiger partial charge in [-0.1, -0.05) is 11.6 Å². The van der Waals surface area contributed by atoms with Gasteiger partial charge in [0, 0.05) is 18.8 Å². The summed E-state index contributed by atoms with van der Waals surface area (Å²) in [4.78, 5) is 23.5. The fourth-order valence-electron chi connectivity index (χ4n) is 1.80. The molecule has 0 saturated carbocycles. The molecule has 0 aliphatic heterocycles. The highest BCUT2D eigenvalue weighted by Gasteiger charge is 2.10. The van der Waals surface area contributed by atoms with E-state index in [2.05, 4.69) is 10.6 Å². The van der Waals surface area contributed by atoms with Crippen LogP contribution < -0.4 is 10.6 Å². The highest BCUT2D eigenvalue weighted by atomic mass is 35.5. The monoisotopic (exact) mass is 318 g/mol. The van der Waals surface area contributed by atoms with Crippen LogP contribution in [-0.2, 0) is 4.79 Å². The number of rotatable bonds is 4. The fourth-order valence-corrected chi connectivity index (χ4v) is 2.00. The number of amides is 2. The van der Waals surface area contributed by atoms with Crippen LogP contribution in [0.25, 0.3) is 6.08 Å². The van der Waals surface area contributed by atoms with Gasteiger partial charge in [-0.25, -0.2) is 0 Å². The van der Waals surface area contributed by atoms with E-state index >= 15 is 0 Å². The summed E-state index contributed by atoms with van der Waals surface area (Å²) in [6.07, 6.45) is 2.92. The van der Waals surface area contributed by atoms with Crippen LogP contribution in [0.5, 0.6) is 0 Å².